The van der Waals surface area contributed by atoms with Gasteiger partial charge in [-0.25, -0.2) is 4.39 Å². The van der Waals surface area contributed by atoms with E-state index in [1.54, 1.807) is 6.07 Å². The van der Waals surface area contributed by atoms with Crippen molar-refractivity contribution in [3.05, 3.63) is 28.5 Å². The Kier molecular flexibility index (Phi) is 3.12. The molecule has 1 aliphatic rings. The third-order valence-electron chi connectivity index (χ3n) is 2.81. The van der Waals surface area contributed by atoms with Gasteiger partial charge in [-0.2, -0.15) is 0 Å². The van der Waals surface area contributed by atoms with Crippen LogP contribution in [-0.4, -0.2) is 18.2 Å². The predicted molar refractivity (Wildman–Crippen MR) is 57.8 cm³/mol. The number of phenols is 1. The summed E-state index contributed by atoms with van der Waals surface area (Å²) in [5, 5.41) is 12.3. The Morgan fingerprint density at radius 1 is 1.53 bits per heavy atom. The normalized spacial score (nSPS) is 20.8. The molecule has 0 saturated carbocycles. The van der Waals surface area contributed by atoms with E-state index in [1.807, 2.05) is 0 Å². The Balaban J connectivity index is 2.17. The average molecular weight is 230 g/mol. The molecule has 1 aromatic rings. The zero-order valence-corrected chi connectivity index (χ0v) is 9.02. The van der Waals surface area contributed by atoms with Crippen LogP contribution in [0.3, 0.4) is 0 Å². The van der Waals surface area contributed by atoms with Gasteiger partial charge in [0.2, 0.25) is 0 Å². The Morgan fingerprint density at radius 2 is 2.33 bits per heavy atom. The number of phenolic OH excluding ortho intramolecular Hbond substituents is 1. The molecule has 1 saturated heterocycles. The Morgan fingerprint density at radius 3 is 3.00 bits per heavy atom. The number of hydrogen-bond donors (Lipinski definition) is 2. The summed E-state index contributed by atoms with van der Waals surface area (Å²) in [6.07, 6.45) is 1.75. The summed E-state index contributed by atoms with van der Waals surface area (Å²) in [5.41, 5.74) is 0.589. The highest BCUT2D eigenvalue weighted by Crippen LogP contribution is 2.30. The van der Waals surface area contributed by atoms with E-state index in [4.69, 9.17) is 11.6 Å². The van der Waals surface area contributed by atoms with Gasteiger partial charge in [0.05, 0.1) is 0 Å². The highest BCUT2D eigenvalue weighted by molar-refractivity contribution is 6.32. The number of aromatic hydroxyl groups is 1. The number of hydrogen-bond acceptors (Lipinski definition) is 2. The van der Waals surface area contributed by atoms with E-state index in [0.717, 1.165) is 19.5 Å². The number of benzene rings is 1. The SMILES string of the molecule is Oc1ccc(CC2CCNC2)c(F)c1Cl. The second kappa shape index (κ2) is 4.37. The molecular weight excluding hydrogens is 217 g/mol. The molecule has 2 N–H and O–H groups in total. The van der Waals surface area contributed by atoms with Gasteiger partial charge in [-0.05, 0) is 43.5 Å². The molecule has 82 valence electrons. The summed E-state index contributed by atoms with van der Waals surface area (Å²) in [6.45, 7) is 1.93. The minimum Gasteiger partial charge on any atom is -0.506 e. The number of halogens is 2. The maximum atomic E-state index is 13.6. The van der Waals surface area contributed by atoms with Crippen LogP contribution in [0.4, 0.5) is 4.39 Å². The fraction of sp³-hybridized carbons (Fsp3) is 0.455. The highest BCUT2D eigenvalue weighted by atomic mass is 35.5. The number of nitrogens with one attached hydrogen (secondary N) is 1. The van der Waals surface area contributed by atoms with E-state index in [2.05, 4.69) is 5.32 Å². The lowest BCUT2D eigenvalue weighted by atomic mass is 9.98. The maximum absolute atomic E-state index is 13.6. The van der Waals surface area contributed by atoms with E-state index in [1.165, 1.54) is 6.07 Å². The van der Waals surface area contributed by atoms with Crippen LogP contribution in [0.25, 0.3) is 0 Å². The molecule has 1 aliphatic heterocycles. The molecule has 1 atom stereocenters. The van der Waals surface area contributed by atoms with Gasteiger partial charge in [0.25, 0.3) is 0 Å². The van der Waals surface area contributed by atoms with Gasteiger partial charge in [-0.3, -0.25) is 0 Å². The van der Waals surface area contributed by atoms with E-state index >= 15 is 0 Å². The van der Waals surface area contributed by atoms with Crippen LogP contribution < -0.4 is 5.32 Å². The molecule has 0 aromatic heterocycles. The first kappa shape index (κ1) is 10.7. The third kappa shape index (κ3) is 2.24. The van der Waals surface area contributed by atoms with Crippen LogP contribution in [0.2, 0.25) is 5.02 Å². The van der Waals surface area contributed by atoms with E-state index in [9.17, 15) is 9.50 Å². The van der Waals surface area contributed by atoms with Gasteiger partial charge in [0.15, 0.2) is 0 Å². The Bertz CT molecular complexity index is 364. The highest BCUT2D eigenvalue weighted by Gasteiger charge is 2.18. The van der Waals surface area contributed by atoms with Gasteiger partial charge in [-0.15, -0.1) is 0 Å². The maximum Gasteiger partial charge on any atom is 0.148 e. The van der Waals surface area contributed by atoms with Gasteiger partial charge in [0, 0.05) is 0 Å². The van der Waals surface area contributed by atoms with Gasteiger partial charge in [-0.1, -0.05) is 17.7 Å². The average Bonchev–Trinajstić information content (AvgIpc) is 2.72. The minimum absolute atomic E-state index is 0.168. The van der Waals surface area contributed by atoms with Crippen LogP contribution in [0.1, 0.15) is 12.0 Å². The smallest absolute Gasteiger partial charge is 0.148 e. The lowest BCUT2D eigenvalue weighted by Gasteiger charge is -2.10. The second-order valence-corrected chi connectivity index (χ2v) is 4.31. The molecule has 1 heterocycles. The molecule has 0 radical (unpaired) electrons. The van der Waals surface area contributed by atoms with Crippen LogP contribution in [0.5, 0.6) is 5.75 Å². The van der Waals surface area contributed by atoms with Crippen molar-refractivity contribution in [3.8, 4) is 5.75 Å². The van der Waals surface area contributed by atoms with Crippen LogP contribution in [0.15, 0.2) is 12.1 Å². The monoisotopic (exact) mass is 229 g/mol. The third-order valence-corrected chi connectivity index (χ3v) is 3.17. The second-order valence-electron chi connectivity index (χ2n) is 3.93. The largest absolute Gasteiger partial charge is 0.506 e. The summed E-state index contributed by atoms with van der Waals surface area (Å²) in [5.74, 6) is -0.203. The van der Waals surface area contributed by atoms with Gasteiger partial charge < -0.3 is 10.4 Å². The van der Waals surface area contributed by atoms with Crippen molar-refractivity contribution in [2.24, 2.45) is 5.92 Å². The summed E-state index contributed by atoms with van der Waals surface area (Å²) in [7, 11) is 0. The van der Waals surface area contributed by atoms with Crippen LogP contribution in [-0.2, 0) is 6.42 Å². The molecule has 0 amide bonds. The summed E-state index contributed by atoms with van der Waals surface area (Å²) >= 11 is 5.63. The first-order valence-electron chi connectivity index (χ1n) is 5.05. The van der Waals surface area contributed by atoms with E-state index in [0.29, 0.717) is 17.9 Å². The molecule has 1 unspecified atom stereocenters. The van der Waals surface area contributed by atoms with Crippen molar-refractivity contribution >= 4 is 11.6 Å². The molecule has 1 aromatic carbocycles. The Hall–Kier alpha value is -0.800. The van der Waals surface area contributed by atoms with Crippen molar-refractivity contribution in [2.75, 3.05) is 13.1 Å². The van der Waals surface area contributed by atoms with Crippen molar-refractivity contribution in [3.63, 3.8) is 0 Å². The van der Waals surface area contributed by atoms with Crippen molar-refractivity contribution < 1.29 is 9.50 Å². The van der Waals surface area contributed by atoms with E-state index in [-0.39, 0.29) is 10.8 Å². The summed E-state index contributed by atoms with van der Waals surface area (Å²) in [4.78, 5) is 0. The summed E-state index contributed by atoms with van der Waals surface area (Å²) in [6, 6.07) is 3.05. The van der Waals surface area contributed by atoms with Crippen molar-refractivity contribution in [1.82, 2.24) is 5.32 Å². The van der Waals surface area contributed by atoms with Crippen LogP contribution in [0, 0.1) is 11.7 Å². The van der Waals surface area contributed by atoms with Gasteiger partial charge in [0.1, 0.15) is 16.6 Å². The molecular formula is C11H13ClFNO. The molecule has 0 bridgehead atoms. The van der Waals surface area contributed by atoms with Gasteiger partial charge >= 0.3 is 0 Å². The Labute approximate surface area is 93.1 Å². The molecule has 15 heavy (non-hydrogen) atoms. The lowest BCUT2D eigenvalue weighted by Crippen LogP contribution is -2.11. The van der Waals surface area contributed by atoms with Crippen LogP contribution >= 0.6 is 11.6 Å². The van der Waals surface area contributed by atoms with Crippen molar-refractivity contribution in [1.29, 1.82) is 0 Å². The molecule has 0 aliphatic carbocycles. The zero-order valence-electron chi connectivity index (χ0n) is 8.26. The molecule has 1 fully saturated rings. The fourth-order valence-electron chi connectivity index (χ4n) is 1.94. The first-order valence-corrected chi connectivity index (χ1v) is 5.43. The van der Waals surface area contributed by atoms with E-state index < -0.39 is 5.82 Å². The quantitative estimate of drug-likeness (QED) is 0.816. The summed E-state index contributed by atoms with van der Waals surface area (Å²) < 4.78 is 13.6. The topological polar surface area (TPSA) is 32.3 Å². The fourth-order valence-corrected chi connectivity index (χ4v) is 2.12. The molecule has 2 nitrogen and oxygen atoms in total. The number of rotatable bonds is 2. The first-order chi connectivity index (χ1) is 7.18. The minimum atomic E-state index is -0.483. The molecule has 0 spiro atoms. The molecule has 2 rings (SSSR count). The molecule has 4 heteroatoms. The lowest BCUT2D eigenvalue weighted by molar-refractivity contribution is 0.466. The zero-order chi connectivity index (χ0) is 10.8. The predicted octanol–water partition coefficient (Wildman–Crippen LogP) is 2.34. The van der Waals surface area contributed by atoms with Crippen molar-refractivity contribution in [2.45, 2.75) is 12.8 Å². The standard InChI is InChI=1S/C11H13ClFNO/c12-10-9(15)2-1-8(11(10)13)5-7-3-4-14-6-7/h1-2,7,14-15H,3-6H2.